The van der Waals surface area contributed by atoms with E-state index in [1.165, 1.54) is 0 Å². The van der Waals surface area contributed by atoms with E-state index in [4.69, 9.17) is 0 Å². The largest absolute Gasteiger partial charge is 0.394 e. The highest BCUT2D eigenvalue weighted by atomic mass is 16.3. The van der Waals surface area contributed by atoms with Crippen LogP contribution in [-0.4, -0.2) is 61.0 Å². The Morgan fingerprint density at radius 2 is 1.52 bits per heavy atom. The van der Waals surface area contributed by atoms with Gasteiger partial charge in [0.05, 0.1) is 12.6 Å². The number of hydrogen-bond acceptors (Lipinski definition) is 5. The number of nitrogens with one attached hydrogen (secondary N) is 4. The van der Waals surface area contributed by atoms with Crippen LogP contribution in [-0.2, 0) is 19.2 Å². The van der Waals surface area contributed by atoms with Crippen LogP contribution in [0.5, 0.6) is 0 Å². The molecule has 0 spiro atoms. The van der Waals surface area contributed by atoms with E-state index >= 15 is 0 Å². The van der Waals surface area contributed by atoms with E-state index in [2.05, 4.69) is 21.3 Å². The van der Waals surface area contributed by atoms with Crippen molar-refractivity contribution in [2.24, 2.45) is 0 Å². The molecule has 9 heteroatoms. The van der Waals surface area contributed by atoms with Gasteiger partial charge in [-0.05, 0) is 33.1 Å². The summed E-state index contributed by atoms with van der Waals surface area (Å²) in [5, 5.41) is 19.8. The minimum absolute atomic E-state index is 0.134. The van der Waals surface area contributed by atoms with Gasteiger partial charge >= 0.3 is 0 Å². The Morgan fingerprint density at radius 3 is 2.04 bits per heavy atom. The van der Waals surface area contributed by atoms with Crippen molar-refractivity contribution in [3.63, 3.8) is 0 Å². The molecule has 0 heterocycles. The first-order valence-electron chi connectivity index (χ1n) is 8.49. The van der Waals surface area contributed by atoms with E-state index in [0.717, 1.165) is 12.8 Å². The Bertz CT molecular complexity index is 419. The molecule has 0 aliphatic heterocycles. The van der Waals surface area contributed by atoms with Crippen LogP contribution >= 0.6 is 0 Å². The smallest absolute Gasteiger partial charge is 0.222 e. The number of aliphatic hydroxyl groups is 1. The van der Waals surface area contributed by atoms with Gasteiger partial charge < -0.3 is 26.4 Å². The molecule has 0 saturated carbocycles. The molecule has 0 aliphatic rings. The fourth-order valence-corrected chi connectivity index (χ4v) is 2.22. The Balaban J connectivity index is 3.86. The SMILES string of the molecule is C[C@H](CC(=O)NCCCC[C@@H](CO)NC(=O)C[C@@H](C)NC=O)NC=O. The average Bonchev–Trinajstić information content (AvgIpc) is 2.53. The summed E-state index contributed by atoms with van der Waals surface area (Å²) in [6.07, 6.45) is 3.53. The zero-order valence-corrected chi connectivity index (χ0v) is 14.9. The third-order valence-corrected chi connectivity index (χ3v) is 3.58. The van der Waals surface area contributed by atoms with Crippen molar-refractivity contribution in [1.29, 1.82) is 0 Å². The molecule has 144 valence electrons. The predicted molar refractivity (Wildman–Crippen MR) is 92.4 cm³/mol. The Labute approximate surface area is 148 Å². The third kappa shape index (κ3) is 12.9. The highest BCUT2D eigenvalue weighted by molar-refractivity contribution is 5.77. The lowest BCUT2D eigenvalue weighted by molar-refractivity contribution is -0.123. The van der Waals surface area contributed by atoms with E-state index in [0.29, 0.717) is 25.8 Å². The van der Waals surface area contributed by atoms with Crippen LogP contribution in [0.2, 0.25) is 0 Å². The van der Waals surface area contributed by atoms with Crippen molar-refractivity contribution in [3.05, 3.63) is 0 Å². The number of rotatable bonds is 15. The summed E-state index contributed by atoms with van der Waals surface area (Å²) in [4.78, 5) is 43.9. The maximum atomic E-state index is 11.8. The molecule has 25 heavy (non-hydrogen) atoms. The van der Waals surface area contributed by atoms with Gasteiger partial charge in [0.2, 0.25) is 24.6 Å². The maximum absolute atomic E-state index is 11.8. The summed E-state index contributed by atoms with van der Waals surface area (Å²) in [5.41, 5.74) is 0. The Hall–Kier alpha value is -2.16. The Kier molecular flexibility index (Phi) is 13.0. The van der Waals surface area contributed by atoms with Gasteiger partial charge in [-0.25, -0.2) is 0 Å². The molecule has 3 atom stereocenters. The number of aliphatic hydroxyl groups excluding tert-OH is 1. The lowest BCUT2D eigenvalue weighted by Gasteiger charge is -2.18. The molecule has 4 amide bonds. The van der Waals surface area contributed by atoms with Gasteiger partial charge in [-0.15, -0.1) is 0 Å². The summed E-state index contributed by atoms with van der Waals surface area (Å²) in [5.74, 6) is -0.364. The standard InChI is InChI=1S/C16H30N4O5/c1-12(18-10-22)7-15(24)17-6-4-3-5-14(9-21)20-16(25)8-13(2)19-11-23/h10-14,21H,3-9H2,1-2H3,(H,17,24)(H,18,22)(H,19,23)(H,20,25)/t12-,13-,14+/m1/s1. The highest BCUT2D eigenvalue weighted by Crippen LogP contribution is 2.02. The molecular weight excluding hydrogens is 328 g/mol. The molecular formula is C16H30N4O5. The molecule has 0 aliphatic carbocycles. The molecule has 0 radical (unpaired) electrons. The monoisotopic (exact) mass is 358 g/mol. The van der Waals surface area contributed by atoms with Gasteiger partial charge in [-0.2, -0.15) is 0 Å². The average molecular weight is 358 g/mol. The third-order valence-electron chi connectivity index (χ3n) is 3.58. The maximum Gasteiger partial charge on any atom is 0.222 e. The second kappa shape index (κ2) is 14.2. The quantitative estimate of drug-likeness (QED) is 0.185. The molecule has 0 aromatic carbocycles. The molecule has 0 aromatic heterocycles. The second-order valence-corrected chi connectivity index (χ2v) is 6.07. The normalized spacial score (nSPS) is 13.9. The van der Waals surface area contributed by atoms with Gasteiger partial charge in [0.25, 0.3) is 0 Å². The summed E-state index contributed by atoms with van der Waals surface area (Å²) in [7, 11) is 0. The number of unbranched alkanes of at least 4 members (excludes halogenated alkanes) is 1. The Morgan fingerprint density at radius 1 is 0.960 bits per heavy atom. The summed E-state index contributed by atoms with van der Waals surface area (Å²) in [6.45, 7) is 3.80. The van der Waals surface area contributed by atoms with E-state index in [1.54, 1.807) is 13.8 Å². The first-order valence-corrected chi connectivity index (χ1v) is 8.49. The molecule has 0 unspecified atom stereocenters. The topological polar surface area (TPSA) is 137 Å². The number of hydrogen-bond donors (Lipinski definition) is 5. The first kappa shape index (κ1) is 22.8. The molecule has 0 bridgehead atoms. The van der Waals surface area contributed by atoms with Crippen LogP contribution in [0.25, 0.3) is 0 Å². The van der Waals surface area contributed by atoms with E-state index in [1.807, 2.05) is 0 Å². The highest BCUT2D eigenvalue weighted by Gasteiger charge is 2.14. The van der Waals surface area contributed by atoms with Crippen LogP contribution in [0, 0.1) is 0 Å². The van der Waals surface area contributed by atoms with Crippen LogP contribution in [0.4, 0.5) is 0 Å². The van der Waals surface area contributed by atoms with Gasteiger partial charge in [0.1, 0.15) is 0 Å². The second-order valence-electron chi connectivity index (χ2n) is 6.07. The fraction of sp³-hybridized carbons (Fsp3) is 0.750. The summed E-state index contributed by atoms with van der Waals surface area (Å²) in [6, 6.07) is -0.811. The van der Waals surface area contributed by atoms with Crippen molar-refractivity contribution in [2.45, 2.75) is 64.1 Å². The molecule has 9 nitrogen and oxygen atoms in total. The van der Waals surface area contributed by atoms with Crippen molar-refractivity contribution < 1.29 is 24.3 Å². The summed E-state index contributed by atoms with van der Waals surface area (Å²) < 4.78 is 0. The summed E-state index contributed by atoms with van der Waals surface area (Å²) >= 11 is 0. The van der Waals surface area contributed by atoms with Crippen LogP contribution in [0.3, 0.4) is 0 Å². The van der Waals surface area contributed by atoms with Crippen LogP contribution < -0.4 is 21.3 Å². The number of carbonyl (C=O) groups excluding carboxylic acids is 4. The predicted octanol–water partition coefficient (Wildman–Crippen LogP) is -1.20. The lowest BCUT2D eigenvalue weighted by atomic mass is 10.1. The molecule has 0 fully saturated rings. The van der Waals surface area contributed by atoms with Gasteiger partial charge in [0.15, 0.2) is 0 Å². The van der Waals surface area contributed by atoms with Crippen molar-refractivity contribution >= 4 is 24.6 Å². The minimum Gasteiger partial charge on any atom is -0.394 e. The van der Waals surface area contributed by atoms with E-state index in [9.17, 15) is 24.3 Å². The van der Waals surface area contributed by atoms with E-state index < -0.39 is 0 Å². The first-order chi connectivity index (χ1) is 11.9. The van der Waals surface area contributed by atoms with Crippen molar-refractivity contribution in [2.75, 3.05) is 13.2 Å². The molecule has 0 saturated heterocycles. The molecule has 0 rings (SSSR count). The number of amides is 4. The van der Waals surface area contributed by atoms with Crippen LogP contribution in [0.1, 0.15) is 46.0 Å². The van der Waals surface area contributed by atoms with E-state index in [-0.39, 0.29) is 49.4 Å². The minimum atomic E-state index is -0.344. The molecule has 0 aromatic rings. The zero-order chi connectivity index (χ0) is 19.1. The van der Waals surface area contributed by atoms with Gasteiger partial charge in [-0.3, -0.25) is 19.2 Å². The van der Waals surface area contributed by atoms with Gasteiger partial charge in [0, 0.05) is 31.5 Å². The number of carbonyl (C=O) groups is 4. The fourth-order valence-electron chi connectivity index (χ4n) is 2.22. The lowest BCUT2D eigenvalue weighted by Crippen LogP contribution is -2.40. The van der Waals surface area contributed by atoms with Crippen molar-refractivity contribution in [1.82, 2.24) is 21.3 Å². The zero-order valence-electron chi connectivity index (χ0n) is 14.9. The van der Waals surface area contributed by atoms with Crippen molar-refractivity contribution in [3.8, 4) is 0 Å². The van der Waals surface area contributed by atoms with Gasteiger partial charge in [-0.1, -0.05) is 0 Å². The van der Waals surface area contributed by atoms with Crippen LogP contribution in [0.15, 0.2) is 0 Å². The molecule has 5 N–H and O–H groups in total.